The van der Waals surface area contributed by atoms with Gasteiger partial charge in [-0.25, -0.2) is 13.6 Å². The molecular weight excluding hydrogens is 232 g/mol. The van der Waals surface area contributed by atoms with E-state index in [1.807, 2.05) is 0 Å². The van der Waals surface area contributed by atoms with Crippen LogP contribution < -0.4 is 15.6 Å². The second kappa shape index (κ2) is 3.93. The predicted octanol–water partition coefficient (Wildman–Crippen LogP) is -0.306. The third-order valence-corrected chi connectivity index (χ3v) is 3.11. The maximum atomic E-state index is 11.3. The molecule has 0 radical (unpaired) electrons. The molecule has 1 heterocycles. The summed E-state index contributed by atoms with van der Waals surface area (Å²) in [5.41, 5.74) is 5.82. The molecule has 1 fully saturated rings. The Morgan fingerprint density at radius 2 is 2.06 bits per heavy atom. The van der Waals surface area contributed by atoms with Gasteiger partial charge in [0, 0.05) is 5.69 Å². The van der Waals surface area contributed by atoms with Gasteiger partial charge in [0.15, 0.2) is 0 Å². The molecule has 1 aromatic carbocycles. The monoisotopic (exact) mass is 244 g/mol. The van der Waals surface area contributed by atoms with Gasteiger partial charge in [0.1, 0.15) is 16.7 Å². The summed E-state index contributed by atoms with van der Waals surface area (Å²) in [5.74, 6) is 0.213. The lowest BCUT2D eigenvalue weighted by atomic mass is 10.3. The Morgan fingerprint density at radius 1 is 1.38 bits per heavy atom. The lowest BCUT2D eigenvalue weighted by Crippen LogP contribution is -2.39. The van der Waals surface area contributed by atoms with E-state index in [9.17, 15) is 8.42 Å². The van der Waals surface area contributed by atoms with Gasteiger partial charge in [-0.15, -0.1) is 0 Å². The second-order valence-electron chi connectivity index (χ2n) is 3.53. The smallest absolute Gasteiger partial charge is 0.241 e. The van der Waals surface area contributed by atoms with Crippen LogP contribution >= 0.6 is 0 Å². The van der Waals surface area contributed by atoms with Gasteiger partial charge in [-0.2, -0.15) is 0 Å². The quantitative estimate of drug-likeness (QED) is 0.710. The van der Waals surface area contributed by atoms with E-state index in [0.717, 1.165) is 0 Å². The van der Waals surface area contributed by atoms with Crippen molar-refractivity contribution < 1.29 is 17.9 Å². The summed E-state index contributed by atoms with van der Waals surface area (Å²) >= 11 is 0. The second-order valence-corrected chi connectivity index (χ2v) is 5.06. The third-order valence-electron chi connectivity index (χ3n) is 2.18. The van der Waals surface area contributed by atoms with Crippen LogP contribution in [-0.4, -0.2) is 27.7 Å². The van der Waals surface area contributed by atoms with Crippen LogP contribution in [0.4, 0.5) is 5.69 Å². The van der Waals surface area contributed by atoms with E-state index in [2.05, 4.69) is 0 Å². The molecule has 1 aliphatic heterocycles. The Morgan fingerprint density at radius 3 is 2.56 bits per heavy atom. The Bertz CT molecular complexity index is 496. The molecule has 0 aromatic heterocycles. The summed E-state index contributed by atoms with van der Waals surface area (Å²) in [6.07, 6.45) is -0.121. The zero-order valence-electron chi connectivity index (χ0n) is 8.42. The van der Waals surface area contributed by atoms with E-state index in [0.29, 0.717) is 18.9 Å². The van der Waals surface area contributed by atoms with Crippen LogP contribution in [0.15, 0.2) is 23.1 Å². The summed E-state index contributed by atoms with van der Waals surface area (Å²) in [6, 6.07) is 4.33. The highest BCUT2D eigenvalue weighted by molar-refractivity contribution is 7.89. The summed E-state index contributed by atoms with van der Waals surface area (Å²) in [4.78, 5) is -0.0978. The maximum Gasteiger partial charge on any atom is 0.241 e. The Kier molecular flexibility index (Phi) is 2.75. The first-order valence-electron chi connectivity index (χ1n) is 4.63. The fourth-order valence-electron chi connectivity index (χ4n) is 1.31. The van der Waals surface area contributed by atoms with E-state index >= 15 is 0 Å². The molecule has 1 aromatic rings. The lowest BCUT2D eigenvalue weighted by Gasteiger charge is -2.27. The van der Waals surface area contributed by atoms with Crippen molar-refractivity contribution >= 4 is 15.7 Å². The normalized spacial score (nSPS) is 16.8. The van der Waals surface area contributed by atoms with Gasteiger partial charge in [0.2, 0.25) is 10.0 Å². The van der Waals surface area contributed by atoms with Crippen molar-refractivity contribution in [2.45, 2.75) is 11.0 Å². The number of nitrogens with two attached hydrogens (primary N) is 2. The molecule has 0 aliphatic carbocycles. The van der Waals surface area contributed by atoms with Crippen molar-refractivity contribution in [2.24, 2.45) is 5.14 Å². The van der Waals surface area contributed by atoms with Crippen molar-refractivity contribution in [3.63, 3.8) is 0 Å². The Labute approximate surface area is 93.2 Å². The number of anilines is 1. The van der Waals surface area contributed by atoms with Gasteiger partial charge >= 0.3 is 0 Å². The first-order chi connectivity index (χ1) is 7.47. The summed E-state index contributed by atoms with van der Waals surface area (Å²) in [7, 11) is -3.83. The standard InChI is InChI=1S/C9H12N2O4S/c10-6-1-2-8(15-7-4-14-5-7)9(3-6)16(11,12)13/h1-3,7H,4-5,10H2,(H2,11,12,13). The van der Waals surface area contributed by atoms with E-state index in [1.54, 1.807) is 6.07 Å². The SMILES string of the molecule is Nc1ccc(OC2COC2)c(S(N)(=O)=O)c1. The summed E-state index contributed by atoms with van der Waals surface area (Å²) in [6.45, 7) is 0.906. The minimum absolute atomic E-state index is 0.0978. The molecule has 0 unspecified atom stereocenters. The van der Waals surface area contributed by atoms with Gasteiger partial charge in [-0.1, -0.05) is 0 Å². The average molecular weight is 244 g/mol. The molecule has 0 saturated carbocycles. The van der Waals surface area contributed by atoms with E-state index in [4.69, 9.17) is 20.3 Å². The minimum Gasteiger partial charge on any atom is -0.484 e. The number of rotatable bonds is 3. The summed E-state index contributed by atoms with van der Waals surface area (Å²) < 4.78 is 33.0. The van der Waals surface area contributed by atoms with Crippen LogP contribution in [0, 0.1) is 0 Å². The molecule has 16 heavy (non-hydrogen) atoms. The van der Waals surface area contributed by atoms with Gasteiger partial charge < -0.3 is 15.2 Å². The fraction of sp³-hybridized carbons (Fsp3) is 0.333. The molecule has 4 N–H and O–H groups in total. The number of hydrogen-bond donors (Lipinski definition) is 2. The van der Waals surface area contributed by atoms with Crippen molar-refractivity contribution in [3.8, 4) is 5.75 Å². The number of nitrogen functional groups attached to an aromatic ring is 1. The van der Waals surface area contributed by atoms with Crippen LogP contribution in [0.3, 0.4) is 0 Å². The van der Waals surface area contributed by atoms with E-state index in [1.165, 1.54) is 12.1 Å². The molecule has 2 rings (SSSR count). The molecule has 1 saturated heterocycles. The van der Waals surface area contributed by atoms with Gasteiger partial charge in [0.25, 0.3) is 0 Å². The number of benzene rings is 1. The molecule has 6 nitrogen and oxygen atoms in total. The van der Waals surface area contributed by atoms with Gasteiger partial charge in [-0.3, -0.25) is 0 Å². The first-order valence-corrected chi connectivity index (χ1v) is 6.18. The van der Waals surface area contributed by atoms with E-state index < -0.39 is 10.0 Å². The lowest BCUT2D eigenvalue weighted by molar-refractivity contribution is -0.0807. The van der Waals surface area contributed by atoms with Crippen LogP contribution in [-0.2, 0) is 14.8 Å². The highest BCUT2D eigenvalue weighted by atomic mass is 32.2. The minimum atomic E-state index is -3.83. The maximum absolute atomic E-state index is 11.3. The van der Waals surface area contributed by atoms with Gasteiger partial charge in [0.05, 0.1) is 13.2 Å². The highest BCUT2D eigenvalue weighted by Crippen LogP contribution is 2.27. The predicted molar refractivity (Wildman–Crippen MR) is 57.5 cm³/mol. The summed E-state index contributed by atoms with van der Waals surface area (Å²) in [5, 5.41) is 5.07. The van der Waals surface area contributed by atoms with Gasteiger partial charge in [-0.05, 0) is 18.2 Å². The van der Waals surface area contributed by atoms with Crippen LogP contribution in [0.25, 0.3) is 0 Å². The molecule has 0 amide bonds. The zero-order chi connectivity index (χ0) is 11.8. The van der Waals surface area contributed by atoms with Crippen molar-refractivity contribution in [1.82, 2.24) is 0 Å². The highest BCUT2D eigenvalue weighted by Gasteiger charge is 2.24. The van der Waals surface area contributed by atoms with Crippen LogP contribution in [0.1, 0.15) is 0 Å². The fourth-order valence-corrected chi connectivity index (χ4v) is 2.00. The Hall–Kier alpha value is -1.31. The molecule has 0 spiro atoms. The Balaban J connectivity index is 2.35. The molecule has 88 valence electrons. The largest absolute Gasteiger partial charge is 0.484 e. The number of sulfonamides is 1. The van der Waals surface area contributed by atoms with Crippen molar-refractivity contribution in [1.29, 1.82) is 0 Å². The molecule has 1 aliphatic rings. The third kappa shape index (κ3) is 2.26. The number of hydrogen-bond acceptors (Lipinski definition) is 5. The number of ether oxygens (including phenoxy) is 2. The molecule has 0 bridgehead atoms. The van der Waals surface area contributed by atoms with E-state index in [-0.39, 0.29) is 16.7 Å². The molecule has 0 atom stereocenters. The molecule has 7 heteroatoms. The van der Waals surface area contributed by atoms with Crippen LogP contribution in [0.2, 0.25) is 0 Å². The number of primary sulfonamides is 1. The van der Waals surface area contributed by atoms with Crippen LogP contribution in [0.5, 0.6) is 5.75 Å². The topological polar surface area (TPSA) is 105 Å². The molecular formula is C9H12N2O4S. The first kappa shape index (κ1) is 11.2. The zero-order valence-corrected chi connectivity index (χ0v) is 9.24. The van der Waals surface area contributed by atoms with Crippen molar-refractivity contribution in [2.75, 3.05) is 18.9 Å². The van der Waals surface area contributed by atoms with Crippen molar-refractivity contribution in [3.05, 3.63) is 18.2 Å². The average Bonchev–Trinajstić information content (AvgIpc) is 2.11.